The van der Waals surface area contributed by atoms with Gasteiger partial charge in [-0.3, -0.25) is 9.59 Å². The summed E-state index contributed by atoms with van der Waals surface area (Å²) in [4.78, 5) is 23.5. The number of Topliss-reactive ketones (excluding diaryl/α,β-unsaturated/α-hetero) is 1. The summed E-state index contributed by atoms with van der Waals surface area (Å²) >= 11 is 3.28. The molecule has 1 aromatic rings. The van der Waals surface area contributed by atoms with Gasteiger partial charge in [-0.2, -0.15) is 0 Å². The van der Waals surface area contributed by atoms with Gasteiger partial charge in [0, 0.05) is 5.56 Å². The largest absolute Gasteiger partial charge is 0.494 e. The van der Waals surface area contributed by atoms with E-state index in [9.17, 15) is 9.59 Å². The zero-order valence-electron chi connectivity index (χ0n) is 15.6. The molecule has 0 bridgehead atoms. The normalized spacial score (nSPS) is 12.5. The summed E-state index contributed by atoms with van der Waals surface area (Å²) < 4.78 is 10.8. The number of hydrogen-bond acceptors (Lipinski definition) is 4. The third kappa shape index (κ3) is 7.59. The molecule has 0 saturated carbocycles. The van der Waals surface area contributed by atoms with Crippen molar-refractivity contribution in [3.63, 3.8) is 0 Å². The molecule has 0 spiro atoms. The Hall–Kier alpha value is -1.36. The Morgan fingerprint density at radius 3 is 2.32 bits per heavy atom. The number of ketones is 1. The summed E-state index contributed by atoms with van der Waals surface area (Å²) in [6.45, 7) is 8.55. The Kier molecular flexibility index (Phi) is 9.19. The predicted molar refractivity (Wildman–Crippen MR) is 104 cm³/mol. The highest BCUT2D eigenvalue weighted by Gasteiger charge is 2.28. The van der Waals surface area contributed by atoms with Gasteiger partial charge in [0.25, 0.3) is 0 Å². The molecule has 0 aliphatic rings. The quantitative estimate of drug-likeness (QED) is 0.217. The van der Waals surface area contributed by atoms with Crippen molar-refractivity contribution in [3.05, 3.63) is 29.8 Å². The van der Waals surface area contributed by atoms with E-state index in [2.05, 4.69) is 15.9 Å². The second kappa shape index (κ2) is 10.6. The Balaban J connectivity index is 2.26. The third-order valence-electron chi connectivity index (χ3n) is 4.04. The second-order valence-corrected chi connectivity index (χ2v) is 8.14. The fraction of sp³-hybridized carbons (Fsp3) is 0.600. The molecule has 0 aromatic heterocycles. The van der Waals surface area contributed by atoms with Crippen LogP contribution in [-0.2, 0) is 9.53 Å². The first-order valence-electron chi connectivity index (χ1n) is 8.86. The van der Waals surface area contributed by atoms with Crippen LogP contribution in [0.25, 0.3) is 0 Å². The van der Waals surface area contributed by atoms with Crippen molar-refractivity contribution >= 4 is 27.7 Å². The summed E-state index contributed by atoms with van der Waals surface area (Å²) in [5.41, 5.74) is 0.254. The lowest BCUT2D eigenvalue weighted by molar-refractivity contribution is -0.153. The maximum absolute atomic E-state index is 11.8. The van der Waals surface area contributed by atoms with E-state index in [0.717, 1.165) is 31.4 Å². The first kappa shape index (κ1) is 21.7. The van der Waals surface area contributed by atoms with Crippen LogP contribution in [0.5, 0.6) is 5.75 Å². The van der Waals surface area contributed by atoms with Crippen molar-refractivity contribution < 1.29 is 19.1 Å². The molecule has 1 rings (SSSR count). The number of rotatable bonds is 11. The number of halogens is 1. The number of ether oxygens (including phenoxy) is 2. The maximum atomic E-state index is 11.8. The van der Waals surface area contributed by atoms with E-state index < -0.39 is 5.41 Å². The van der Waals surface area contributed by atoms with E-state index in [4.69, 9.17) is 9.47 Å². The molecule has 5 heteroatoms. The van der Waals surface area contributed by atoms with Gasteiger partial charge in [0.1, 0.15) is 5.75 Å². The van der Waals surface area contributed by atoms with Gasteiger partial charge < -0.3 is 9.47 Å². The van der Waals surface area contributed by atoms with Crippen LogP contribution in [0.3, 0.4) is 0 Å². The van der Waals surface area contributed by atoms with Gasteiger partial charge in [0.15, 0.2) is 5.78 Å². The Labute approximate surface area is 159 Å². The van der Waals surface area contributed by atoms with Crippen LogP contribution in [0.1, 0.15) is 63.7 Å². The van der Waals surface area contributed by atoms with Gasteiger partial charge in [-0.05, 0) is 64.8 Å². The molecule has 0 fully saturated rings. The molecule has 4 nitrogen and oxygen atoms in total. The minimum absolute atomic E-state index is 0.0655. The first-order valence-corrected chi connectivity index (χ1v) is 9.78. The van der Waals surface area contributed by atoms with E-state index in [-0.39, 0.29) is 16.6 Å². The van der Waals surface area contributed by atoms with E-state index in [1.165, 1.54) is 0 Å². The number of esters is 1. The van der Waals surface area contributed by atoms with Gasteiger partial charge in [-0.25, -0.2) is 0 Å². The SMILES string of the molecule is CCOC(=O)C(C)(C)CCCCCOc1ccc(C(=O)C(C)Br)cc1. The van der Waals surface area contributed by atoms with Crippen molar-refractivity contribution in [3.8, 4) is 5.75 Å². The van der Waals surface area contributed by atoms with Gasteiger partial charge in [0.05, 0.1) is 23.5 Å². The number of carbonyl (C=O) groups is 2. The van der Waals surface area contributed by atoms with Crippen LogP contribution in [-0.4, -0.2) is 29.8 Å². The summed E-state index contributed by atoms with van der Waals surface area (Å²) in [5.74, 6) is 0.708. The summed E-state index contributed by atoms with van der Waals surface area (Å²) in [6, 6.07) is 7.23. The Morgan fingerprint density at radius 2 is 1.76 bits per heavy atom. The zero-order valence-corrected chi connectivity index (χ0v) is 17.2. The molecule has 0 aliphatic carbocycles. The summed E-state index contributed by atoms with van der Waals surface area (Å²) in [7, 11) is 0. The lowest BCUT2D eigenvalue weighted by Gasteiger charge is -2.21. The van der Waals surface area contributed by atoms with Crippen molar-refractivity contribution in [1.82, 2.24) is 0 Å². The molecule has 0 aliphatic heterocycles. The third-order valence-corrected chi connectivity index (χ3v) is 4.46. The van der Waals surface area contributed by atoms with Crippen LogP contribution in [0.4, 0.5) is 0 Å². The molecule has 140 valence electrons. The van der Waals surface area contributed by atoms with Crippen molar-refractivity contribution in [2.24, 2.45) is 5.41 Å². The standard InChI is InChI=1S/C20H29BrO4/c1-5-24-19(23)20(3,4)13-7-6-8-14-25-17-11-9-16(10-12-17)18(22)15(2)21/h9-12,15H,5-8,13-14H2,1-4H3. The number of hydrogen-bond donors (Lipinski definition) is 0. The average Bonchev–Trinajstić information content (AvgIpc) is 2.58. The average molecular weight is 413 g/mol. The van der Waals surface area contributed by atoms with Crippen molar-refractivity contribution in [1.29, 1.82) is 0 Å². The highest BCUT2D eigenvalue weighted by molar-refractivity contribution is 9.10. The maximum Gasteiger partial charge on any atom is 0.311 e. The highest BCUT2D eigenvalue weighted by Crippen LogP contribution is 2.25. The molecule has 0 N–H and O–H groups in total. The number of alkyl halides is 1. The van der Waals surface area contributed by atoms with Crippen LogP contribution in [0, 0.1) is 5.41 Å². The fourth-order valence-corrected chi connectivity index (χ4v) is 2.67. The van der Waals surface area contributed by atoms with Gasteiger partial charge >= 0.3 is 5.97 Å². The molecular weight excluding hydrogens is 384 g/mol. The molecule has 1 unspecified atom stereocenters. The van der Waals surface area contributed by atoms with Crippen LogP contribution in [0.15, 0.2) is 24.3 Å². The van der Waals surface area contributed by atoms with Gasteiger partial charge in [-0.15, -0.1) is 0 Å². The minimum Gasteiger partial charge on any atom is -0.494 e. The number of carbonyl (C=O) groups excluding carboxylic acids is 2. The minimum atomic E-state index is -0.425. The van der Waals surface area contributed by atoms with E-state index in [1.807, 2.05) is 39.8 Å². The Morgan fingerprint density at radius 1 is 1.12 bits per heavy atom. The Bertz CT molecular complexity index is 549. The number of benzene rings is 1. The molecule has 0 saturated heterocycles. The predicted octanol–water partition coefficient (Wildman–Crippen LogP) is 5.18. The van der Waals surface area contributed by atoms with Gasteiger partial charge in [0.2, 0.25) is 0 Å². The topological polar surface area (TPSA) is 52.6 Å². The van der Waals surface area contributed by atoms with E-state index in [0.29, 0.717) is 18.8 Å². The van der Waals surface area contributed by atoms with E-state index >= 15 is 0 Å². The lowest BCUT2D eigenvalue weighted by atomic mass is 9.87. The zero-order chi connectivity index (χ0) is 18.9. The smallest absolute Gasteiger partial charge is 0.311 e. The summed E-state index contributed by atoms with van der Waals surface area (Å²) in [6.07, 6.45) is 3.71. The monoisotopic (exact) mass is 412 g/mol. The highest BCUT2D eigenvalue weighted by atomic mass is 79.9. The molecule has 0 amide bonds. The molecule has 0 radical (unpaired) electrons. The van der Waals surface area contributed by atoms with E-state index in [1.54, 1.807) is 12.1 Å². The van der Waals surface area contributed by atoms with Crippen LogP contribution >= 0.6 is 15.9 Å². The van der Waals surface area contributed by atoms with Gasteiger partial charge in [-0.1, -0.05) is 28.8 Å². The molecule has 0 heterocycles. The molecule has 25 heavy (non-hydrogen) atoms. The lowest BCUT2D eigenvalue weighted by Crippen LogP contribution is -2.26. The van der Waals surface area contributed by atoms with Crippen molar-refractivity contribution in [2.75, 3.05) is 13.2 Å². The molecule has 1 atom stereocenters. The van der Waals surface area contributed by atoms with Crippen LogP contribution < -0.4 is 4.74 Å². The molecular formula is C20H29BrO4. The molecule has 1 aromatic carbocycles. The second-order valence-electron chi connectivity index (χ2n) is 6.77. The van der Waals surface area contributed by atoms with Crippen LogP contribution in [0.2, 0.25) is 0 Å². The number of unbranched alkanes of at least 4 members (excludes halogenated alkanes) is 2. The fourth-order valence-electron chi connectivity index (χ4n) is 2.41. The first-order chi connectivity index (χ1) is 11.8. The van der Waals surface area contributed by atoms with Crippen molar-refractivity contribution in [2.45, 2.75) is 58.2 Å². The summed E-state index contributed by atoms with van der Waals surface area (Å²) in [5, 5.41) is 0.